The molecule has 20 heavy (non-hydrogen) atoms. The predicted octanol–water partition coefficient (Wildman–Crippen LogP) is 5.21. The number of carbonyl (C=O) groups excluding carboxylic acids is 1. The molecule has 2 nitrogen and oxygen atoms in total. The van der Waals surface area contributed by atoms with Gasteiger partial charge in [-0.25, -0.2) is 0 Å². The van der Waals surface area contributed by atoms with Crippen molar-refractivity contribution in [1.82, 2.24) is 0 Å². The number of nitrogens with zero attached hydrogens (tertiary/aromatic N) is 1. The van der Waals surface area contributed by atoms with E-state index in [1.807, 2.05) is 18.0 Å². The Kier molecular flexibility index (Phi) is 5.04. The second-order valence-electron chi connectivity index (χ2n) is 4.86. The molecule has 1 aromatic heterocycles. The van der Waals surface area contributed by atoms with Crippen LogP contribution >= 0.6 is 43.2 Å². The molecule has 0 radical (unpaired) electrons. The lowest BCUT2D eigenvalue weighted by Crippen LogP contribution is -2.25. The summed E-state index contributed by atoms with van der Waals surface area (Å²) in [6.07, 6.45) is 0. The zero-order valence-corrected chi connectivity index (χ0v) is 15.5. The quantitative estimate of drug-likeness (QED) is 0.637. The van der Waals surface area contributed by atoms with Gasteiger partial charge in [-0.3, -0.25) is 4.79 Å². The van der Waals surface area contributed by atoms with Crippen molar-refractivity contribution in [3.63, 3.8) is 0 Å². The van der Waals surface area contributed by atoms with Crippen molar-refractivity contribution in [2.75, 3.05) is 18.5 Å². The monoisotopic (exact) mass is 415 g/mol. The van der Waals surface area contributed by atoms with Crippen molar-refractivity contribution >= 4 is 54.7 Å². The fourth-order valence-electron chi connectivity index (χ4n) is 2.09. The summed E-state index contributed by atoms with van der Waals surface area (Å²) < 4.78 is 1.84. The van der Waals surface area contributed by atoms with Gasteiger partial charge in [0.2, 0.25) is 0 Å². The van der Waals surface area contributed by atoms with Crippen molar-refractivity contribution in [1.29, 1.82) is 0 Å². The summed E-state index contributed by atoms with van der Waals surface area (Å²) in [6, 6.07) is 8.19. The molecule has 0 bridgehead atoms. The standard InChI is InChI=1S/C15H15Br2NOS/c1-9-4-10(2)6-11(5-9)18(3)8-13(19)12-7-14(16)20-15(12)17/h4-7H,8H2,1-3H3. The van der Waals surface area contributed by atoms with Crippen molar-refractivity contribution < 1.29 is 4.79 Å². The topological polar surface area (TPSA) is 20.3 Å². The van der Waals surface area contributed by atoms with Gasteiger partial charge >= 0.3 is 0 Å². The Balaban J connectivity index is 2.17. The third kappa shape index (κ3) is 3.71. The Morgan fingerprint density at radius 3 is 2.25 bits per heavy atom. The zero-order chi connectivity index (χ0) is 14.9. The number of carbonyl (C=O) groups is 1. The highest BCUT2D eigenvalue weighted by Crippen LogP contribution is 2.32. The van der Waals surface area contributed by atoms with Gasteiger partial charge in [-0.2, -0.15) is 0 Å². The average Bonchev–Trinajstić information content (AvgIpc) is 2.67. The van der Waals surface area contributed by atoms with Gasteiger partial charge < -0.3 is 4.90 Å². The number of likely N-dealkylation sites (N-methyl/N-ethyl adjacent to an activating group) is 1. The van der Waals surface area contributed by atoms with Crippen molar-refractivity contribution in [2.24, 2.45) is 0 Å². The first-order valence-electron chi connectivity index (χ1n) is 6.14. The van der Waals surface area contributed by atoms with E-state index < -0.39 is 0 Å². The average molecular weight is 417 g/mol. The van der Waals surface area contributed by atoms with Gasteiger partial charge in [-0.15, -0.1) is 11.3 Å². The third-order valence-electron chi connectivity index (χ3n) is 2.99. The maximum absolute atomic E-state index is 12.3. The van der Waals surface area contributed by atoms with Crippen LogP contribution in [0.15, 0.2) is 31.8 Å². The van der Waals surface area contributed by atoms with E-state index in [1.54, 1.807) is 0 Å². The van der Waals surface area contributed by atoms with Gasteiger partial charge in [0.15, 0.2) is 5.78 Å². The van der Waals surface area contributed by atoms with Crippen LogP contribution in [0.25, 0.3) is 0 Å². The van der Waals surface area contributed by atoms with Crippen LogP contribution in [-0.2, 0) is 0 Å². The van der Waals surface area contributed by atoms with Crippen molar-refractivity contribution in [3.05, 3.63) is 48.5 Å². The maximum atomic E-state index is 12.3. The number of ketones is 1. The first kappa shape index (κ1) is 15.7. The molecule has 0 aliphatic rings. The Hall–Kier alpha value is -0.650. The van der Waals surface area contributed by atoms with Gasteiger partial charge in [0.25, 0.3) is 0 Å². The molecule has 0 amide bonds. The van der Waals surface area contributed by atoms with Crippen LogP contribution in [0.3, 0.4) is 0 Å². The third-order valence-corrected chi connectivity index (χ3v) is 5.32. The summed E-state index contributed by atoms with van der Waals surface area (Å²) in [5, 5.41) is 0. The first-order chi connectivity index (χ1) is 9.36. The zero-order valence-electron chi connectivity index (χ0n) is 11.5. The molecule has 0 atom stereocenters. The van der Waals surface area contributed by atoms with E-state index >= 15 is 0 Å². The lowest BCUT2D eigenvalue weighted by atomic mass is 10.1. The number of halogens is 2. The van der Waals surface area contributed by atoms with Crippen LogP contribution in [0.2, 0.25) is 0 Å². The SMILES string of the molecule is Cc1cc(C)cc(N(C)CC(=O)c2cc(Br)sc2Br)c1. The highest BCUT2D eigenvalue weighted by Gasteiger charge is 2.16. The minimum atomic E-state index is 0.112. The number of thiophene rings is 1. The molecule has 0 N–H and O–H groups in total. The summed E-state index contributed by atoms with van der Waals surface area (Å²) in [5.74, 6) is 0.112. The fraction of sp³-hybridized carbons (Fsp3) is 0.267. The predicted molar refractivity (Wildman–Crippen MR) is 93.2 cm³/mol. The van der Waals surface area contributed by atoms with E-state index in [0.717, 1.165) is 18.8 Å². The van der Waals surface area contributed by atoms with Crippen LogP contribution in [0, 0.1) is 13.8 Å². The van der Waals surface area contributed by atoms with Crippen LogP contribution in [0.1, 0.15) is 21.5 Å². The van der Waals surface area contributed by atoms with E-state index in [0.29, 0.717) is 6.54 Å². The molecule has 106 valence electrons. The summed E-state index contributed by atoms with van der Waals surface area (Å²) in [4.78, 5) is 14.3. The molecule has 0 aliphatic carbocycles. The minimum Gasteiger partial charge on any atom is -0.367 e. The first-order valence-corrected chi connectivity index (χ1v) is 8.54. The number of aryl methyl sites for hydroxylation is 2. The van der Waals surface area contributed by atoms with E-state index in [9.17, 15) is 4.79 Å². The van der Waals surface area contributed by atoms with E-state index in [4.69, 9.17) is 0 Å². The summed E-state index contributed by atoms with van der Waals surface area (Å²) in [7, 11) is 1.95. The van der Waals surface area contributed by atoms with Gasteiger partial charge in [0.1, 0.15) is 0 Å². The molecule has 0 spiro atoms. The highest BCUT2D eigenvalue weighted by atomic mass is 79.9. The van der Waals surface area contributed by atoms with Crippen molar-refractivity contribution in [3.8, 4) is 0 Å². The number of hydrogen-bond acceptors (Lipinski definition) is 3. The minimum absolute atomic E-state index is 0.112. The van der Waals surface area contributed by atoms with Crippen LogP contribution in [-0.4, -0.2) is 19.4 Å². The Labute approximate surface area is 140 Å². The number of benzene rings is 1. The largest absolute Gasteiger partial charge is 0.367 e. The second-order valence-corrected chi connectivity index (χ2v) is 8.61. The molecule has 5 heteroatoms. The molecular formula is C15H15Br2NOS. The van der Waals surface area contributed by atoms with Gasteiger partial charge in [0.05, 0.1) is 14.1 Å². The smallest absolute Gasteiger partial charge is 0.184 e. The van der Waals surface area contributed by atoms with Crippen LogP contribution in [0.5, 0.6) is 0 Å². The molecule has 0 saturated carbocycles. The van der Waals surface area contributed by atoms with E-state index in [1.165, 1.54) is 22.5 Å². The Morgan fingerprint density at radius 1 is 1.15 bits per heavy atom. The summed E-state index contributed by atoms with van der Waals surface area (Å²) >= 11 is 8.36. The number of hydrogen-bond donors (Lipinski definition) is 0. The summed E-state index contributed by atoms with van der Waals surface area (Å²) in [6.45, 7) is 4.50. The molecule has 0 saturated heterocycles. The normalized spacial score (nSPS) is 10.7. The van der Waals surface area contributed by atoms with Gasteiger partial charge in [-0.1, -0.05) is 6.07 Å². The number of anilines is 1. The van der Waals surface area contributed by atoms with Gasteiger partial charge in [0, 0.05) is 18.3 Å². The molecule has 2 rings (SSSR count). The number of rotatable bonds is 4. The van der Waals surface area contributed by atoms with Crippen LogP contribution < -0.4 is 4.90 Å². The fourth-order valence-corrected chi connectivity index (χ4v) is 4.95. The van der Waals surface area contributed by atoms with Crippen molar-refractivity contribution in [2.45, 2.75) is 13.8 Å². The van der Waals surface area contributed by atoms with E-state index in [-0.39, 0.29) is 5.78 Å². The Morgan fingerprint density at radius 2 is 1.75 bits per heavy atom. The molecule has 0 aliphatic heterocycles. The molecule has 0 fully saturated rings. The molecule has 2 aromatic rings. The maximum Gasteiger partial charge on any atom is 0.184 e. The highest BCUT2D eigenvalue weighted by molar-refractivity contribution is 9.12. The number of Topliss-reactive ketones (excluding diaryl/α,β-unsaturated/α-hetero) is 1. The Bertz CT molecular complexity index is 631. The molecule has 1 heterocycles. The lowest BCUT2D eigenvalue weighted by Gasteiger charge is -2.19. The second kappa shape index (κ2) is 6.41. The molecule has 0 unspecified atom stereocenters. The summed E-state index contributed by atoms with van der Waals surface area (Å²) in [5.41, 5.74) is 4.22. The lowest BCUT2D eigenvalue weighted by molar-refractivity contribution is 0.1000. The molecular weight excluding hydrogens is 402 g/mol. The molecule has 1 aromatic carbocycles. The van der Waals surface area contributed by atoms with E-state index in [2.05, 4.69) is 63.9 Å². The van der Waals surface area contributed by atoms with Crippen LogP contribution in [0.4, 0.5) is 5.69 Å². The van der Waals surface area contributed by atoms with Gasteiger partial charge in [-0.05, 0) is 75.0 Å².